The van der Waals surface area contributed by atoms with Gasteiger partial charge in [-0.3, -0.25) is 4.79 Å². The van der Waals surface area contributed by atoms with E-state index in [0.717, 1.165) is 6.07 Å². The highest BCUT2D eigenvalue weighted by atomic mass is 127. The number of quaternary nitrogens is 1. The molecule has 2 N–H and O–H groups in total. The van der Waals surface area contributed by atoms with Gasteiger partial charge in [0.05, 0.1) is 23.7 Å². The lowest BCUT2D eigenvalue weighted by atomic mass is 9.84. The number of esters is 1. The summed E-state index contributed by atoms with van der Waals surface area (Å²) >= 11 is 7.62. The van der Waals surface area contributed by atoms with Gasteiger partial charge in [-0.1, -0.05) is 40.3 Å². The molecule has 8 heteroatoms. The summed E-state index contributed by atoms with van der Waals surface area (Å²) in [5, 5.41) is 1.70. The Morgan fingerprint density at radius 3 is 2.52 bits per heavy atom. The maximum Gasteiger partial charge on any atom is 0.417 e. The van der Waals surface area contributed by atoms with Crippen LogP contribution >= 0.6 is 34.2 Å². The molecule has 2 rings (SSSR count). The Morgan fingerprint density at radius 1 is 1.39 bits per heavy atom. The fourth-order valence-electron chi connectivity index (χ4n) is 2.69. The molecule has 1 aliphatic rings. The third-order valence-corrected chi connectivity index (χ3v) is 4.76. The van der Waals surface area contributed by atoms with Gasteiger partial charge in [-0.05, 0) is 24.6 Å². The summed E-state index contributed by atoms with van der Waals surface area (Å²) in [5.41, 5.74) is -1.56. The zero-order valence-electron chi connectivity index (χ0n) is 12.4. The average molecular weight is 463 g/mol. The molecule has 1 atom stereocenters. The van der Waals surface area contributed by atoms with Crippen molar-refractivity contribution in [2.75, 3.05) is 13.1 Å². The molecule has 1 aromatic carbocycles. The van der Waals surface area contributed by atoms with Crippen molar-refractivity contribution < 1.29 is 28.0 Å². The lowest BCUT2D eigenvalue weighted by Gasteiger charge is -2.36. The van der Waals surface area contributed by atoms with Crippen LogP contribution in [0.4, 0.5) is 13.2 Å². The third kappa shape index (κ3) is 4.30. The van der Waals surface area contributed by atoms with Gasteiger partial charge in [-0.25, -0.2) is 0 Å². The van der Waals surface area contributed by atoms with E-state index in [-0.39, 0.29) is 8.95 Å². The van der Waals surface area contributed by atoms with Crippen molar-refractivity contribution in [2.45, 2.75) is 35.5 Å². The van der Waals surface area contributed by atoms with Crippen molar-refractivity contribution in [1.29, 1.82) is 0 Å². The summed E-state index contributed by atoms with van der Waals surface area (Å²) in [5.74, 6) is -0.420. The summed E-state index contributed by atoms with van der Waals surface area (Å²) in [6.07, 6.45) is -3.60. The molecular formula is C15H17ClF3INO2+. The van der Waals surface area contributed by atoms with E-state index in [4.69, 9.17) is 16.3 Å². The average Bonchev–Trinajstić information content (AvgIpc) is 2.47. The van der Waals surface area contributed by atoms with E-state index < -0.39 is 23.3 Å². The SMILES string of the molecule is CC(I)C(=O)OC1(c2ccc(Cl)c(C(F)(F)F)c2)CC[NH2+]CC1. The smallest absolute Gasteiger partial charge is 0.417 e. The minimum atomic E-state index is -4.55. The summed E-state index contributed by atoms with van der Waals surface area (Å²) in [7, 11) is 0. The van der Waals surface area contributed by atoms with Gasteiger partial charge in [0.25, 0.3) is 0 Å². The molecule has 0 amide bonds. The summed E-state index contributed by atoms with van der Waals surface area (Å²) < 4.78 is 44.6. The van der Waals surface area contributed by atoms with Gasteiger partial charge in [0.2, 0.25) is 0 Å². The highest BCUT2D eigenvalue weighted by molar-refractivity contribution is 14.1. The topological polar surface area (TPSA) is 42.9 Å². The fraction of sp³-hybridized carbons (Fsp3) is 0.533. The van der Waals surface area contributed by atoms with Crippen LogP contribution in [0.5, 0.6) is 0 Å². The molecule has 1 fully saturated rings. The monoisotopic (exact) mass is 462 g/mol. The molecule has 0 bridgehead atoms. The van der Waals surface area contributed by atoms with Crippen molar-refractivity contribution in [2.24, 2.45) is 0 Å². The van der Waals surface area contributed by atoms with E-state index in [1.165, 1.54) is 12.1 Å². The number of piperidine rings is 1. The molecule has 1 aliphatic heterocycles. The highest BCUT2D eigenvalue weighted by Crippen LogP contribution is 2.40. The van der Waals surface area contributed by atoms with Crippen molar-refractivity contribution >= 4 is 40.2 Å². The number of nitrogens with two attached hydrogens (primary N) is 1. The summed E-state index contributed by atoms with van der Waals surface area (Å²) in [6.45, 7) is 3.06. The van der Waals surface area contributed by atoms with Crippen LogP contribution in [0.3, 0.4) is 0 Å². The molecule has 23 heavy (non-hydrogen) atoms. The molecule has 0 radical (unpaired) electrons. The zero-order valence-corrected chi connectivity index (χ0v) is 15.3. The second-order valence-electron chi connectivity index (χ2n) is 5.59. The number of hydrogen-bond donors (Lipinski definition) is 1. The largest absolute Gasteiger partial charge is 0.453 e. The van der Waals surface area contributed by atoms with Crippen LogP contribution in [0.25, 0.3) is 0 Å². The molecule has 3 nitrogen and oxygen atoms in total. The van der Waals surface area contributed by atoms with Crippen LogP contribution < -0.4 is 5.32 Å². The lowest BCUT2D eigenvalue weighted by Crippen LogP contribution is -2.87. The Hall–Kier alpha value is -0.540. The fourth-order valence-corrected chi connectivity index (χ4v) is 3.04. The predicted octanol–water partition coefficient (Wildman–Crippen LogP) is 3.28. The van der Waals surface area contributed by atoms with E-state index in [0.29, 0.717) is 31.5 Å². The van der Waals surface area contributed by atoms with Crippen LogP contribution in [0, 0.1) is 0 Å². The normalized spacial score (nSPS) is 19.2. The van der Waals surface area contributed by atoms with Crippen LogP contribution in [0.2, 0.25) is 5.02 Å². The zero-order chi connectivity index (χ0) is 17.3. The van der Waals surface area contributed by atoms with Crippen molar-refractivity contribution in [3.8, 4) is 0 Å². The standard InChI is InChI=1S/C15H16ClF3INO2/c1-9(20)13(22)23-14(4-6-21-7-5-14)10-2-3-12(16)11(8-10)15(17,18)19/h2-3,8-9,21H,4-7H2,1H3/p+1. The number of ether oxygens (including phenoxy) is 1. The Kier molecular flexibility index (Phi) is 5.84. The second-order valence-corrected chi connectivity index (χ2v) is 7.87. The first-order chi connectivity index (χ1) is 10.7. The van der Waals surface area contributed by atoms with Crippen LogP contribution in [-0.4, -0.2) is 23.0 Å². The van der Waals surface area contributed by atoms with Crippen molar-refractivity contribution in [3.05, 3.63) is 34.3 Å². The Morgan fingerprint density at radius 2 is 2.00 bits per heavy atom. The van der Waals surface area contributed by atoms with Crippen molar-refractivity contribution in [3.63, 3.8) is 0 Å². The first-order valence-corrected chi connectivity index (χ1v) is 8.84. The maximum atomic E-state index is 13.1. The van der Waals surface area contributed by atoms with Gasteiger partial charge < -0.3 is 10.1 Å². The second kappa shape index (κ2) is 7.14. The summed E-state index contributed by atoms with van der Waals surface area (Å²) in [4.78, 5) is 12.1. The van der Waals surface area contributed by atoms with Crippen LogP contribution in [0.1, 0.15) is 30.9 Å². The molecule has 1 unspecified atom stereocenters. The number of rotatable bonds is 3. The molecule has 0 aromatic heterocycles. The maximum absolute atomic E-state index is 13.1. The van der Waals surface area contributed by atoms with Crippen LogP contribution in [-0.2, 0) is 21.3 Å². The Bertz CT molecular complexity index is 587. The third-order valence-electron chi connectivity index (χ3n) is 3.92. The molecule has 0 spiro atoms. The minimum absolute atomic E-state index is 0.354. The van der Waals surface area contributed by atoms with Gasteiger partial charge >= 0.3 is 12.1 Å². The Labute approximate surface area is 151 Å². The first-order valence-electron chi connectivity index (χ1n) is 7.21. The minimum Gasteiger partial charge on any atom is -0.453 e. The first kappa shape index (κ1) is 18.8. The van der Waals surface area contributed by atoms with Crippen molar-refractivity contribution in [1.82, 2.24) is 0 Å². The van der Waals surface area contributed by atoms with E-state index >= 15 is 0 Å². The number of benzene rings is 1. The molecule has 1 heterocycles. The highest BCUT2D eigenvalue weighted by Gasteiger charge is 2.42. The Balaban J connectivity index is 2.46. The lowest BCUT2D eigenvalue weighted by molar-refractivity contribution is -0.668. The van der Waals surface area contributed by atoms with Gasteiger partial charge in [0, 0.05) is 12.8 Å². The molecule has 0 saturated carbocycles. The van der Waals surface area contributed by atoms with E-state index in [9.17, 15) is 18.0 Å². The number of hydrogen-bond acceptors (Lipinski definition) is 2. The van der Waals surface area contributed by atoms with Gasteiger partial charge in [-0.15, -0.1) is 0 Å². The number of halogens is 5. The molecule has 0 aliphatic carbocycles. The number of carbonyl (C=O) groups is 1. The predicted molar refractivity (Wildman–Crippen MR) is 88.6 cm³/mol. The van der Waals surface area contributed by atoms with E-state index in [2.05, 4.69) is 5.32 Å². The summed E-state index contributed by atoms with van der Waals surface area (Å²) in [6, 6.07) is 3.76. The van der Waals surface area contributed by atoms with E-state index in [1.807, 2.05) is 22.6 Å². The number of alkyl halides is 4. The van der Waals surface area contributed by atoms with Crippen LogP contribution in [0.15, 0.2) is 18.2 Å². The molecule has 1 aromatic rings. The van der Waals surface area contributed by atoms with E-state index in [1.54, 1.807) is 6.92 Å². The van der Waals surface area contributed by atoms with Gasteiger partial charge in [-0.2, -0.15) is 13.2 Å². The molecule has 128 valence electrons. The molecular weight excluding hydrogens is 446 g/mol. The molecule has 1 saturated heterocycles. The number of carbonyl (C=O) groups excluding carboxylic acids is 1. The van der Waals surface area contributed by atoms with Gasteiger partial charge in [0.1, 0.15) is 9.53 Å². The van der Waals surface area contributed by atoms with Gasteiger partial charge in [0.15, 0.2) is 0 Å². The quantitative estimate of drug-likeness (QED) is 0.426.